The van der Waals surface area contributed by atoms with Gasteiger partial charge in [0, 0.05) is 13.1 Å². The van der Waals surface area contributed by atoms with Crippen LogP contribution in [0.1, 0.15) is 0 Å². The topological polar surface area (TPSA) is 151 Å². The van der Waals surface area contributed by atoms with Gasteiger partial charge in [0.05, 0.1) is 6.67 Å². The molecule has 94 valence electrons. The van der Waals surface area contributed by atoms with Crippen molar-refractivity contribution in [3.8, 4) is 0 Å². The van der Waals surface area contributed by atoms with E-state index < -0.39 is 16.4 Å². The number of hydrogen-bond donors (Lipinski definition) is 3. The summed E-state index contributed by atoms with van der Waals surface area (Å²) in [6.45, 7) is 1.33. The number of urea groups is 1. The number of carbonyl (C=O) groups is 1. The van der Waals surface area contributed by atoms with Crippen LogP contribution in [0.15, 0.2) is 0 Å². The third kappa shape index (κ3) is 13.6. The van der Waals surface area contributed by atoms with Crippen molar-refractivity contribution in [2.75, 3.05) is 19.8 Å². The summed E-state index contributed by atoms with van der Waals surface area (Å²) in [5.74, 6) is 0. The van der Waals surface area contributed by atoms with E-state index in [1.54, 1.807) is 0 Å². The predicted octanol–water partition coefficient (Wildman–Crippen LogP) is -2.74. The molecule has 2 amide bonds. The molecule has 0 unspecified atom stereocenters. The summed E-state index contributed by atoms with van der Waals surface area (Å²) in [6.07, 6.45) is 0. The first-order valence-corrected chi connectivity index (χ1v) is 4.80. The van der Waals surface area contributed by atoms with Crippen molar-refractivity contribution in [2.45, 2.75) is 0 Å². The number of nitrogens with zero attached hydrogens (tertiary/aromatic N) is 1. The summed E-state index contributed by atoms with van der Waals surface area (Å²) in [7, 11) is -4.57. The molecule has 0 spiro atoms. The Morgan fingerprint density at radius 3 is 2.20 bits per heavy atom. The van der Waals surface area contributed by atoms with E-state index in [9.17, 15) is 13.0 Å². The minimum atomic E-state index is -4.57. The Morgan fingerprint density at radius 2 is 1.93 bits per heavy atom. The van der Waals surface area contributed by atoms with Gasteiger partial charge in [-0.25, -0.2) is 13.2 Å². The summed E-state index contributed by atoms with van der Waals surface area (Å²) in [5, 5.41) is 3.85. The predicted molar refractivity (Wildman–Crippen MR) is 44.1 cm³/mol. The average Bonchev–Trinajstić information content (AvgIpc) is 2.33. The van der Waals surface area contributed by atoms with Crippen LogP contribution in [0.25, 0.3) is 0 Å². The molecule has 0 aromatic rings. The molecular weight excluding hydrogens is 280 g/mol. The van der Waals surface area contributed by atoms with Gasteiger partial charge in [-0.2, -0.15) is 9.35 Å². The van der Waals surface area contributed by atoms with Crippen LogP contribution < -0.4 is 16.8 Å². The number of rotatable bonds is 2. The normalized spacial score (nSPS) is 16.1. The summed E-state index contributed by atoms with van der Waals surface area (Å²) >= 11 is 0. The van der Waals surface area contributed by atoms with Crippen molar-refractivity contribution >= 4 is 16.4 Å². The van der Waals surface area contributed by atoms with E-state index >= 15 is 0 Å². The Kier molecular flexibility index (Phi) is 8.85. The maximum atomic E-state index is 9.94. The molecule has 0 aromatic heterocycles. The van der Waals surface area contributed by atoms with E-state index in [4.69, 9.17) is 4.79 Å². The smallest absolute Gasteiger partial charge is 0.724 e. The maximum Gasteiger partial charge on any atom is 1.00 e. The minimum Gasteiger partial charge on any atom is -0.724 e. The molecule has 5 N–H and O–H groups in total. The molecule has 0 radical (unpaired) electrons. The van der Waals surface area contributed by atoms with Crippen LogP contribution >= 0.6 is 0 Å². The number of amides is 2. The fourth-order valence-electron chi connectivity index (χ4n) is 0.679. The van der Waals surface area contributed by atoms with Gasteiger partial charge in [-0.3, -0.25) is 0 Å². The summed E-state index contributed by atoms with van der Waals surface area (Å²) in [4.78, 5) is 9.00. The molecule has 1 heterocycles. The number of nitrogens with one attached hydrogen (secondary N) is 1. The third-order valence-corrected chi connectivity index (χ3v) is 1.42. The van der Waals surface area contributed by atoms with Crippen molar-refractivity contribution in [2.24, 2.45) is 11.5 Å². The molecule has 11 heteroatoms. The Labute approximate surface area is 97.5 Å². The molecule has 1 saturated heterocycles. The molecule has 0 atom stereocenters. The van der Waals surface area contributed by atoms with Gasteiger partial charge in [-0.1, -0.05) is 0 Å². The van der Waals surface area contributed by atoms with E-state index in [1.165, 1.54) is 0 Å². The summed E-state index contributed by atoms with van der Waals surface area (Å²) in [6, 6.07) is -0.833. The van der Waals surface area contributed by atoms with Crippen LogP contribution in [0.4, 0.5) is 4.79 Å². The van der Waals surface area contributed by atoms with Gasteiger partial charge in [0.15, 0.2) is 0 Å². The van der Waals surface area contributed by atoms with Crippen molar-refractivity contribution in [1.82, 2.24) is 10.4 Å². The fourth-order valence-corrected chi connectivity index (χ4v) is 1.06. The van der Waals surface area contributed by atoms with Crippen LogP contribution in [0.2, 0.25) is 0 Å². The maximum absolute atomic E-state index is 9.94. The average molecular weight is 291 g/mol. The van der Waals surface area contributed by atoms with Crippen molar-refractivity contribution in [3.05, 3.63) is 0 Å². The van der Waals surface area contributed by atoms with Gasteiger partial charge < -0.3 is 21.3 Å². The number of carbonyl (C=O) groups excluding carboxylic acids is 1. The fraction of sp³-hybridized carbons (Fsp3) is 0.750. The van der Waals surface area contributed by atoms with Gasteiger partial charge in [0.1, 0.15) is 0 Å². The molecule has 1 rings (SSSR count). The second-order valence-electron chi connectivity index (χ2n) is 2.25. The standard InChI is InChI=1S/C3H8N2O4S.CH4N2O.Cu/c6-10(7,8)9-5-2-1-4-3-5;2-1(3)4;/h4H,1-3H2,(H,6,7,8);(H4,2,3,4);/q;;+1/p-1. The molecule has 0 bridgehead atoms. The van der Waals surface area contributed by atoms with Crippen molar-refractivity contribution in [3.63, 3.8) is 0 Å². The summed E-state index contributed by atoms with van der Waals surface area (Å²) < 4.78 is 33.8. The van der Waals surface area contributed by atoms with Crippen molar-refractivity contribution < 1.29 is 39.1 Å². The molecule has 1 aliphatic heterocycles. The molecule has 1 fully saturated rings. The first-order chi connectivity index (χ1) is 6.31. The van der Waals surface area contributed by atoms with Crippen LogP contribution in [0.5, 0.6) is 0 Å². The van der Waals surface area contributed by atoms with E-state index in [0.29, 0.717) is 13.1 Å². The quantitative estimate of drug-likeness (QED) is 0.283. The summed E-state index contributed by atoms with van der Waals surface area (Å²) in [5.41, 5.74) is 8.50. The van der Waals surface area contributed by atoms with E-state index in [1.807, 2.05) is 0 Å². The van der Waals surface area contributed by atoms with Gasteiger partial charge >= 0.3 is 23.1 Å². The SMILES string of the molecule is NC(N)=O.O=S(=O)([O-])ON1CCNC1.[Cu+]. The zero-order valence-corrected chi connectivity index (χ0v) is 9.23. The number of hydroxylamine groups is 2. The number of nitrogens with two attached hydrogens (primary N) is 2. The van der Waals surface area contributed by atoms with Crippen LogP contribution in [0.3, 0.4) is 0 Å². The second-order valence-corrected chi connectivity index (χ2v) is 3.21. The van der Waals surface area contributed by atoms with Gasteiger partial charge in [-0.15, -0.1) is 0 Å². The van der Waals surface area contributed by atoms with E-state index in [0.717, 1.165) is 5.06 Å². The van der Waals surface area contributed by atoms with Gasteiger partial charge in [0.2, 0.25) is 10.4 Å². The van der Waals surface area contributed by atoms with Gasteiger partial charge in [0.25, 0.3) is 0 Å². The van der Waals surface area contributed by atoms with E-state index in [2.05, 4.69) is 21.1 Å². The molecular formula is C4H11CuN4O5S. The van der Waals surface area contributed by atoms with Crippen LogP contribution in [0, 0.1) is 0 Å². The monoisotopic (exact) mass is 290 g/mol. The van der Waals surface area contributed by atoms with Crippen LogP contribution in [-0.2, 0) is 31.8 Å². The third-order valence-electron chi connectivity index (χ3n) is 1.02. The second kappa shape index (κ2) is 7.82. The molecule has 15 heavy (non-hydrogen) atoms. The number of primary amides is 2. The number of hydrogen-bond acceptors (Lipinski definition) is 7. The molecule has 0 aromatic carbocycles. The zero-order valence-electron chi connectivity index (χ0n) is 7.47. The Balaban J connectivity index is 0. The van der Waals surface area contributed by atoms with Crippen molar-refractivity contribution in [1.29, 1.82) is 0 Å². The van der Waals surface area contributed by atoms with Gasteiger partial charge in [-0.05, 0) is 0 Å². The molecule has 0 saturated carbocycles. The van der Waals surface area contributed by atoms with Crippen LogP contribution in [-0.4, -0.2) is 43.8 Å². The first kappa shape index (κ1) is 17.0. The zero-order chi connectivity index (χ0) is 11.2. The molecule has 1 aliphatic rings. The Morgan fingerprint density at radius 1 is 1.47 bits per heavy atom. The largest absolute Gasteiger partial charge is 1.00 e. The Hall–Kier alpha value is -0.421. The molecule has 9 nitrogen and oxygen atoms in total. The minimum absolute atomic E-state index is 0. The Bertz CT molecular complexity index is 273. The molecule has 0 aliphatic carbocycles. The van der Waals surface area contributed by atoms with E-state index in [-0.39, 0.29) is 23.7 Å². The first-order valence-electron chi connectivity index (χ1n) is 3.47.